The minimum atomic E-state index is -0.372. The van der Waals surface area contributed by atoms with Crippen molar-refractivity contribution in [1.82, 2.24) is 9.80 Å². The monoisotopic (exact) mass is 388 g/mol. The highest BCUT2D eigenvalue weighted by Crippen LogP contribution is 2.29. The van der Waals surface area contributed by atoms with E-state index < -0.39 is 0 Å². The summed E-state index contributed by atoms with van der Waals surface area (Å²) in [6.07, 6.45) is 3.87. The quantitative estimate of drug-likeness (QED) is 0.565. The number of ether oxygens (including phenoxy) is 1. The highest BCUT2D eigenvalue weighted by atomic mass is 16.6. The fraction of sp³-hybridized carbons (Fsp3) is 0.650. The lowest BCUT2D eigenvalue weighted by Crippen LogP contribution is -2.59. The number of anilines is 1. The highest BCUT2D eigenvalue weighted by molar-refractivity contribution is 5.82. The number of rotatable bonds is 5. The number of hydrogen-bond donors (Lipinski definition) is 0. The Kier molecular flexibility index (Phi) is 5.77. The molecule has 0 unspecified atom stereocenters. The number of nitro benzene ring substituents is 1. The van der Waals surface area contributed by atoms with Crippen molar-refractivity contribution in [3.63, 3.8) is 0 Å². The molecule has 2 aliphatic heterocycles. The first-order chi connectivity index (χ1) is 13.6. The van der Waals surface area contributed by atoms with Crippen LogP contribution in [0, 0.1) is 16.0 Å². The molecule has 8 nitrogen and oxygen atoms in total. The fourth-order valence-corrected chi connectivity index (χ4v) is 4.29. The number of carbonyl (C=O) groups is 1. The van der Waals surface area contributed by atoms with E-state index in [4.69, 9.17) is 4.74 Å². The summed E-state index contributed by atoms with van der Waals surface area (Å²) in [4.78, 5) is 30.1. The lowest BCUT2D eigenvalue weighted by atomic mass is 9.84. The minimum Gasteiger partial charge on any atom is -0.378 e. The molecule has 1 aromatic rings. The second-order valence-electron chi connectivity index (χ2n) is 7.97. The van der Waals surface area contributed by atoms with Gasteiger partial charge in [-0.2, -0.15) is 0 Å². The third kappa shape index (κ3) is 4.12. The second kappa shape index (κ2) is 8.45. The Balaban J connectivity index is 1.35. The van der Waals surface area contributed by atoms with E-state index in [1.165, 1.54) is 25.3 Å². The highest BCUT2D eigenvalue weighted by Gasteiger charge is 2.35. The van der Waals surface area contributed by atoms with Gasteiger partial charge in [-0.25, -0.2) is 0 Å². The number of hydrogen-bond acceptors (Lipinski definition) is 6. The van der Waals surface area contributed by atoms with E-state index in [0.717, 1.165) is 24.7 Å². The van der Waals surface area contributed by atoms with E-state index in [9.17, 15) is 14.9 Å². The zero-order valence-corrected chi connectivity index (χ0v) is 16.2. The van der Waals surface area contributed by atoms with Gasteiger partial charge >= 0.3 is 0 Å². The molecule has 2 heterocycles. The van der Waals surface area contributed by atoms with E-state index >= 15 is 0 Å². The first kappa shape index (κ1) is 19.1. The van der Waals surface area contributed by atoms with E-state index in [-0.39, 0.29) is 22.6 Å². The Morgan fingerprint density at radius 3 is 2.64 bits per heavy atom. The standard InChI is InChI=1S/C20H28N4O4/c25-20(19-15-28-12-11-23(19)14-16-3-1-4-16)22-9-7-21(8-10-22)17-5-2-6-18(13-17)24(26)27/h2,5-6,13,16,19H,1,3-4,7-12,14-15H2/t19-/m0/s1. The predicted molar refractivity (Wildman–Crippen MR) is 105 cm³/mol. The van der Waals surface area contributed by atoms with Crippen LogP contribution in [0.25, 0.3) is 0 Å². The zero-order chi connectivity index (χ0) is 19.5. The van der Waals surface area contributed by atoms with E-state index in [2.05, 4.69) is 9.80 Å². The van der Waals surface area contributed by atoms with Crippen molar-refractivity contribution in [2.75, 3.05) is 57.4 Å². The predicted octanol–water partition coefficient (Wildman–Crippen LogP) is 1.74. The Labute approximate surface area is 165 Å². The number of benzene rings is 1. The molecule has 1 amide bonds. The molecule has 152 valence electrons. The average Bonchev–Trinajstić information content (AvgIpc) is 2.71. The Hall–Kier alpha value is -2.19. The van der Waals surface area contributed by atoms with Gasteiger partial charge in [-0.05, 0) is 24.8 Å². The Bertz CT molecular complexity index is 716. The first-order valence-corrected chi connectivity index (χ1v) is 10.2. The molecule has 2 saturated heterocycles. The second-order valence-corrected chi connectivity index (χ2v) is 7.97. The normalized spacial score (nSPS) is 24.1. The molecule has 1 saturated carbocycles. The van der Waals surface area contributed by atoms with Gasteiger partial charge in [0, 0.05) is 57.1 Å². The number of piperazine rings is 1. The van der Waals surface area contributed by atoms with Gasteiger partial charge in [0.25, 0.3) is 5.69 Å². The number of nitro groups is 1. The lowest BCUT2D eigenvalue weighted by molar-refractivity contribution is -0.384. The maximum absolute atomic E-state index is 13.1. The fourth-order valence-electron chi connectivity index (χ4n) is 4.29. The van der Waals surface area contributed by atoms with Gasteiger partial charge in [0.05, 0.1) is 18.1 Å². The molecule has 0 bridgehead atoms. The molecule has 1 aliphatic carbocycles. The van der Waals surface area contributed by atoms with Gasteiger partial charge < -0.3 is 14.5 Å². The number of amides is 1. The summed E-state index contributed by atoms with van der Waals surface area (Å²) in [5, 5.41) is 11.0. The summed E-state index contributed by atoms with van der Waals surface area (Å²) in [7, 11) is 0. The van der Waals surface area contributed by atoms with E-state index in [1.54, 1.807) is 12.1 Å². The third-order valence-corrected chi connectivity index (χ3v) is 6.24. The molecule has 0 aromatic heterocycles. The van der Waals surface area contributed by atoms with Gasteiger partial charge in [-0.1, -0.05) is 12.5 Å². The van der Waals surface area contributed by atoms with Crippen LogP contribution < -0.4 is 4.90 Å². The largest absolute Gasteiger partial charge is 0.378 e. The molecular formula is C20H28N4O4. The van der Waals surface area contributed by atoms with Gasteiger partial charge in [0.15, 0.2) is 0 Å². The summed E-state index contributed by atoms with van der Waals surface area (Å²) >= 11 is 0. The molecule has 3 aliphatic rings. The van der Waals surface area contributed by atoms with Crippen LogP contribution >= 0.6 is 0 Å². The lowest BCUT2D eigenvalue weighted by Gasteiger charge is -2.43. The van der Waals surface area contributed by atoms with Crippen LogP contribution in [0.5, 0.6) is 0 Å². The molecule has 0 spiro atoms. The van der Waals surface area contributed by atoms with Crippen molar-refractivity contribution in [3.05, 3.63) is 34.4 Å². The van der Waals surface area contributed by atoms with Crippen LogP contribution in [-0.4, -0.2) is 79.2 Å². The summed E-state index contributed by atoms with van der Waals surface area (Å²) in [5.41, 5.74) is 0.941. The van der Waals surface area contributed by atoms with Crippen molar-refractivity contribution in [2.24, 2.45) is 5.92 Å². The number of carbonyl (C=O) groups excluding carboxylic acids is 1. The van der Waals surface area contributed by atoms with Crippen LogP contribution in [0.4, 0.5) is 11.4 Å². The van der Waals surface area contributed by atoms with Gasteiger partial charge in [-0.3, -0.25) is 19.8 Å². The SMILES string of the molecule is O=C([C@@H]1COCCN1CC1CCC1)N1CCN(c2cccc([N+](=O)[O-])c2)CC1. The van der Waals surface area contributed by atoms with Crippen molar-refractivity contribution < 1.29 is 14.5 Å². The van der Waals surface area contributed by atoms with Crippen molar-refractivity contribution >= 4 is 17.3 Å². The van der Waals surface area contributed by atoms with Gasteiger partial charge in [-0.15, -0.1) is 0 Å². The summed E-state index contributed by atoms with van der Waals surface area (Å²) in [6, 6.07) is 6.54. The first-order valence-electron chi connectivity index (χ1n) is 10.2. The zero-order valence-electron chi connectivity index (χ0n) is 16.2. The van der Waals surface area contributed by atoms with Crippen molar-refractivity contribution in [3.8, 4) is 0 Å². The van der Waals surface area contributed by atoms with Crippen LogP contribution in [0.3, 0.4) is 0 Å². The molecular weight excluding hydrogens is 360 g/mol. The number of nitrogens with zero attached hydrogens (tertiary/aromatic N) is 4. The number of non-ortho nitro benzene ring substituents is 1. The molecule has 1 aromatic carbocycles. The van der Waals surface area contributed by atoms with Crippen LogP contribution in [0.15, 0.2) is 24.3 Å². The summed E-state index contributed by atoms with van der Waals surface area (Å²) < 4.78 is 5.62. The average molecular weight is 388 g/mol. The van der Waals surface area contributed by atoms with Crippen LogP contribution in [-0.2, 0) is 9.53 Å². The van der Waals surface area contributed by atoms with Gasteiger partial charge in [0.2, 0.25) is 5.91 Å². The maximum atomic E-state index is 13.1. The molecule has 28 heavy (non-hydrogen) atoms. The van der Waals surface area contributed by atoms with Crippen molar-refractivity contribution in [1.29, 1.82) is 0 Å². The van der Waals surface area contributed by atoms with Crippen LogP contribution in [0.1, 0.15) is 19.3 Å². The Morgan fingerprint density at radius 1 is 1.18 bits per heavy atom. The van der Waals surface area contributed by atoms with Gasteiger partial charge in [0.1, 0.15) is 6.04 Å². The smallest absolute Gasteiger partial charge is 0.271 e. The Morgan fingerprint density at radius 2 is 1.96 bits per heavy atom. The van der Waals surface area contributed by atoms with Crippen LogP contribution in [0.2, 0.25) is 0 Å². The number of morpholine rings is 1. The molecule has 0 radical (unpaired) electrons. The van der Waals surface area contributed by atoms with E-state index in [0.29, 0.717) is 39.4 Å². The molecule has 3 fully saturated rings. The van der Waals surface area contributed by atoms with E-state index in [1.807, 2.05) is 11.0 Å². The molecule has 1 atom stereocenters. The minimum absolute atomic E-state index is 0.0991. The maximum Gasteiger partial charge on any atom is 0.271 e. The third-order valence-electron chi connectivity index (χ3n) is 6.24. The molecule has 8 heteroatoms. The summed E-state index contributed by atoms with van der Waals surface area (Å²) in [6.45, 7) is 5.67. The topological polar surface area (TPSA) is 79.2 Å². The molecule has 0 N–H and O–H groups in total. The van der Waals surface area contributed by atoms with Crippen molar-refractivity contribution in [2.45, 2.75) is 25.3 Å². The summed E-state index contributed by atoms with van der Waals surface area (Å²) in [5.74, 6) is 0.900. The molecule has 4 rings (SSSR count).